The van der Waals surface area contributed by atoms with Crippen LogP contribution in [0.5, 0.6) is 17.2 Å². The number of ether oxygens (including phenoxy) is 3. The Balaban J connectivity index is 1.69. The van der Waals surface area contributed by atoms with Crippen LogP contribution in [0.25, 0.3) is 0 Å². The number of hydrogen-bond donors (Lipinski definition) is 1. The predicted octanol–water partition coefficient (Wildman–Crippen LogP) is 4.74. The summed E-state index contributed by atoms with van der Waals surface area (Å²) in [5.41, 5.74) is 3.23. The van der Waals surface area contributed by atoms with Crippen LogP contribution in [0.4, 0.5) is 0 Å². The van der Waals surface area contributed by atoms with E-state index >= 15 is 0 Å². The molecule has 40 heavy (non-hydrogen) atoms. The molecule has 0 radical (unpaired) electrons. The van der Waals surface area contributed by atoms with Gasteiger partial charge in [-0.25, -0.2) is 0 Å². The maximum atomic E-state index is 14.0. The Morgan fingerprint density at radius 1 is 0.775 bits per heavy atom. The fourth-order valence-corrected chi connectivity index (χ4v) is 4.41. The highest BCUT2D eigenvalue weighted by atomic mass is 16.5. The summed E-state index contributed by atoms with van der Waals surface area (Å²) in [4.78, 5) is 33.5. The van der Waals surface area contributed by atoms with E-state index in [-0.39, 0.29) is 24.8 Å². The van der Waals surface area contributed by atoms with Gasteiger partial charge in [0.05, 0.1) is 27.8 Å². The number of methoxy groups -OCH3 is 3. The highest BCUT2D eigenvalue weighted by molar-refractivity contribution is 5.89. The lowest BCUT2D eigenvalue weighted by Crippen LogP contribution is -2.43. The molecule has 1 N–H and O–H groups in total. The molecular weight excluding hydrogens is 506 g/mol. The molecule has 2 amide bonds. The van der Waals surface area contributed by atoms with Gasteiger partial charge in [-0.2, -0.15) is 0 Å². The summed E-state index contributed by atoms with van der Waals surface area (Å²) in [5, 5.41) is 3.02. The van der Waals surface area contributed by atoms with Crippen molar-refractivity contribution >= 4 is 11.8 Å². The average molecular weight is 540 g/mol. The van der Waals surface area contributed by atoms with Gasteiger partial charge in [0.15, 0.2) is 11.5 Å². The first-order valence-corrected chi connectivity index (χ1v) is 12.9. The van der Waals surface area contributed by atoms with Crippen LogP contribution >= 0.6 is 0 Å². The van der Waals surface area contributed by atoms with E-state index in [1.165, 1.54) is 0 Å². The molecule has 0 aliphatic heterocycles. The fraction of sp³-hybridized carbons (Fsp3) is 0.219. The first-order valence-electron chi connectivity index (χ1n) is 12.9. The lowest BCUT2D eigenvalue weighted by atomic mass is 10.0. The third-order valence-corrected chi connectivity index (χ3v) is 6.53. The van der Waals surface area contributed by atoms with Gasteiger partial charge in [-0.05, 0) is 58.7 Å². The van der Waals surface area contributed by atoms with Crippen LogP contribution < -0.4 is 19.5 Å². The Morgan fingerprint density at radius 3 is 2.10 bits per heavy atom. The SMILES string of the molecule is COc1ccc(CN(C(=O)Cc2ccc(OC)c(OC)c2)[C@@H](C(=O)NCc2ccncc2)c2ccccc2)cc1. The number of aromatic nitrogens is 1. The normalized spacial score (nSPS) is 11.3. The molecule has 4 rings (SSSR count). The number of hydrogen-bond acceptors (Lipinski definition) is 6. The Kier molecular flexibility index (Phi) is 9.72. The zero-order chi connectivity index (χ0) is 28.3. The molecule has 3 aromatic carbocycles. The summed E-state index contributed by atoms with van der Waals surface area (Å²) in [6, 6.07) is 25.0. The van der Waals surface area contributed by atoms with Gasteiger partial charge in [-0.1, -0.05) is 48.5 Å². The number of nitrogens with zero attached hydrogens (tertiary/aromatic N) is 2. The lowest BCUT2D eigenvalue weighted by molar-refractivity contribution is -0.141. The second-order valence-electron chi connectivity index (χ2n) is 9.12. The lowest BCUT2D eigenvalue weighted by Gasteiger charge is -2.32. The van der Waals surface area contributed by atoms with Crippen molar-refractivity contribution in [2.24, 2.45) is 0 Å². The number of pyridine rings is 1. The molecule has 0 saturated carbocycles. The predicted molar refractivity (Wildman–Crippen MR) is 152 cm³/mol. The Bertz CT molecular complexity index is 1400. The minimum absolute atomic E-state index is 0.0669. The third kappa shape index (κ3) is 7.17. The Morgan fingerprint density at radius 2 is 1.45 bits per heavy atom. The molecular formula is C32H33N3O5. The maximum absolute atomic E-state index is 14.0. The van der Waals surface area contributed by atoms with Crippen molar-refractivity contribution < 1.29 is 23.8 Å². The minimum Gasteiger partial charge on any atom is -0.497 e. The average Bonchev–Trinajstić information content (AvgIpc) is 3.01. The van der Waals surface area contributed by atoms with Crippen molar-refractivity contribution in [3.8, 4) is 17.2 Å². The van der Waals surface area contributed by atoms with Gasteiger partial charge in [0.1, 0.15) is 11.8 Å². The summed E-state index contributed by atoms with van der Waals surface area (Å²) in [7, 11) is 4.72. The molecule has 0 saturated heterocycles. The maximum Gasteiger partial charge on any atom is 0.247 e. The molecule has 4 aromatic rings. The molecule has 0 fully saturated rings. The molecule has 206 valence electrons. The van der Waals surface area contributed by atoms with Crippen LogP contribution in [0, 0.1) is 0 Å². The van der Waals surface area contributed by atoms with E-state index in [9.17, 15) is 9.59 Å². The smallest absolute Gasteiger partial charge is 0.247 e. The van der Waals surface area contributed by atoms with Crippen LogP contribution in [0.1, 0.15) is 28.3 Å². The summed E-state index contributed by atoms with van der Waals surface area (Å²) in [6.45, 7) is 0.531. The number of benzene rings is 3. The second kappa shape index (κ2) is 13.8. The monoisotopic (exact) mass is 539 g/mol. The molecule has 1 atom stereocenters. The molecule has 0 aliphatic carbocycles. The summed E-state index contributed by atoms with van der Waals surface area (Å²) in [6.07, 6.45) is 3.43. The number of nitrogens with one attached hydrogen (secondary N) is 1. The van der Waals surface area contributed by atoms with E-state index in [4.69, 9.17) is 14.2 Å². The van der Waals surface area contributed by atoms with Crippen LogP contribution in [-0.4, -0.2) is 43.0 Å². The van der Waals surface area contributed by atoms with E-state index < -0.39 is 6.04 Å². The van der Waals surface area contributed by atoms with Crippen molar-refractivity contribution in [2.75, 3.05) is 21.3 Å². The number of carbonyl (C=O) groups excluding carboxylic acids is 2. The molecule has 8 heteroatoms. The first-order chi connectivity index (χ1) is 19.5. The number of amides is 2. The van der Waals surface area contributed by atoms with E-state index in [1.54, 1.807) is 50.8 Å². The van der Waals surface area contributed by atoms with Crippen LogP contribution in [0.2, 0.25) is 0 Å². The van der Waals surface area contributed by atoms with Gasteiger partial charge in [0, 0.05) is 25.5 Å². The molecule has 8 nitrogen and oxygen atoms in total. The Labute approximate surface area is 234 Å². The van der Waals surface area contributed by atoms with Crippen molar-refractivity contribution in [1.82, 2.24) is 15.2 Å². The summed E-state index contributed by atoms with van der Waals surface area (Å²) in [5.74, 6) is 1.32. The summed E-state index contributed by atoms with van der Waals surface area (Å²) < 4.78 is 16.1. The van der Waals surface area contributed by atoms with Crippen molar-refractivity contribution in [3.63, 3.8) is 0 Å². The van der Waals surface area contributed by atoms with Crippen LogP contribution in [0.3, 0.4) is 0 Å². The summed E-state index contributed by atoms with van der Waals surface area (Å²) >= 11 is 0. The zero-order valence-electron chi connectivity index (χ0n) is 22.9. The number of carbonyl (C=O) groups is 2. The quantitative estimate of drug-likeness (QED) is 0.280. The van der Waals surface area contributed by atoms with Crippen LogP contribution in [-0.2, 0) is 29.1 Å². The van der Waals surface area contributed by atoms with Gasteiger partial charge in [0.2, 0.25) is 11.8 Å². The fourth-order valence-electron chi connectivity index (χ4n) is 4.41. The molecule has 0 unspecified atom stereocenters. The highest BCUT2D eigenvalue weighted by Gasteiger charge is 2.31. The van der Waals surface area contributed by atoms with E-state index in [0.29, 0.717) is 29.4 Å². The second-order valence-corrected chi connectivity index (χ2v) is 9.12. The standard InChI is InChI=1S/C32H33N3O5/c1-38-27-12-9-24(10-13-27)22-35(30(36)20-25-11-14-28(39-2)29(19-25)40-3)31(26-7-5-4-6-8-26)32(37)34-21-23-15-17-33-18-16-23/h4-19,31H,20-22H2,1-3H3,(H,34,37)/t31-/m1/s1. The molecule has 1 aromatic heterocycles. The van der Waals surface area contributed by atoms with Crippen molar-refractivity contribution in [1.29, 1.82) is 0 Å². The first kappa shape index (κ1) is 28.2. The van der Waals surface area contributed by atoms with E-state index in [0.717, 1.165) is 16.7 Å². The highest BCUT2D eigenvalue weighted by Crippen LogP contribution is 2.30. The number of rotatable bonds is 12. The van der Waals surface area contributed by atoms with Gasteiger partial charge < -0.3 is 24.4 Å². The molecule has 0 bridgehead atoms. The molecule has 0 aliphatic rings. The topological polar surface area (TPSA) is 90.0 Å². The molecule has 0 spiro atoms. The van der Waals surface area contributed by atoms with Gasteiger partial charge in [-0.15, -0.1) is 0 Å². The van der Waals surface area contributed by atoms with Crippen molar-refractivity contribution in [3.05, 3.63) is 120 Å². The van der Waals surface area contributed by atoms with Crippen molar-refractivity contribution in [2.45, 2.75) is 25.6 Å². The van der Waals surface area contributed by atoms with Gasteiger partial charge >= 0.3 is 0 Å². The van der Waals surface area contributed by atoms with Gasteiger partial charge in [0.25, 0.3) is 0 Å². The van der Waals surface area contributed by atoms with Gasteiger partial charge in [-0.3, -0.25) is 14.6 Å². The molecule has 1 heterocycles. The Hall–Kier alpha value is -4.85. The minimum atomic E-state index is -0.863. The zero-order valence-corrected chi connectivity index (χ0v) is 22.9. The van der Waals surface area contributed by atoms with Crippen LogP contribution in [0.15, 0.2) is 97.3 Å². The third-order valence-electron chi connectivity index (χ3n) is 6.53. The van der Waals surface area contributed by atoms with E-state index in [1.807, 2.05) is 72.8 Å². The largest absolute Gasteiger partial charge is 0.497 e. The van der Waals surface area contributed by atoms with E-state index in [2.05, 4.69) is 10.3 Å².